The van der Waals surface area contributed by atoms with Crippen molar-refractivity contribution < 1.29 is 14.6 Å². The highest BCUT2D eigenvalue weighted by Gasteiger charge is 2.18. The number of amides is 1. The average molecular weight is 346 g/mol. The second-order valence-corrected chi connectivity index (χ2v) is 7.46. The zero-order valence-corrected chi connectivity index (χ0v) is 14.7. The molecule has 2 N–H and O–H groups in total. The first kappa shape index (κ1) is 16.9. The van der Waals surface area contributed by atoms with Crippen molar-refractivity contribution in [2.75, 3.05) is 13.2 Å². The van der Waals surface area contributed by atoms with Crippen LogP contribution >= 0.6 is 11.3 Å². The molecule has 0 saturated heterocycles. The number of carbonyl (C=O) groups is 1. The number of rotatable bonds is 6. The Labute approximate surface area is 145 Å². The van der Waals surface area contributed by atoms with Crippen molar-refractivity contribution in [3.8, 4) is 16.3 Å². The summed E-state index contributed by atoms with van der Waals surface area (Å²) in [6, 6.07) is 5.79. The third-order valence-corrected chi connectivity index (χ3v) is 5.02. The zero-order valence-electron chi connectivity index (χ0n) is 13.9. The van der Waals surface area contributed by atoms with Gasteiger partial charge in [-0.3, -0.25) is 4.79 Å². The molecule has 1 atom stereocenters. The first-order valence-electron chi connectivity index (χ1n) is 8.20. The molecule has 2 heterocycles. The van der Waals surface area contributed by atoms with E-state index in [9.17, 15) is 9.90 Å². The maximum atomic E-state index is 12.4. The monoisotopic (exact) mass is 346 g/mol. The van der Waals surface area contributed by atoms with E-state index < -0.39 is 0 Å². The summed E-state index contributed by atoms with van der Waals surface area (Å²) >= 11 is 1.37. The molecule has 0 aliphatic carbocycles. The quantitative estimate of drug-likeness (QED) is 0.844. The Morgan fingerprint density at radius 2 is 2.29 bits per heavy atom. The number of hydrogen-bond acceptors (Lipinski definition) is 5. The Kier molecular flexibility index (Phi) is 5.16. The van der Waals surface area contributed by atoms with Gasteiger partial charge in [0.05, 0.1) is 25.5 Å². The highest BCUT2D eigenvalue weighted by atomic mass is 32.1. The van der Waals surface area contributed by atoms with Gasteiger partial charge in [0.15, 0.2) is 0 Å². The molecular formula is C18H22N2O3S. The lowest BCUT2D eigenvalue weighted by atomic mass is 10.0. The van der Waals surface area contributed by atoms with Crippen molar-refractivity contribution in [2.24, 2.45) is 5.92 Å². The van der Waals surface area contributed by atoms with Gasteiger partial charge in [0.2, 0.25) is 0 Å². The van der Waals surface area contributed by atoms with Crippen LogP contribution in [-0.4, -0.2) is 35.3 Å². The number of nitrogens with one attached hydrogen (secondary N) is 1. The molecule has 1 aliphatic heterocycles. The van der Waals surface area contributed by atoms with Gasteiger partial charge in [0, 0.05) is 12.0 Å². The maximum Gasteiger partial charge on any atom is 0.263 e. The van der Waals surface area contributed by atoms with Crippen LogP contribution in [0.5, 0.6) is 5.75 Å². The van der Waals surface area contributed by atoms with E-state index in [4.69, 9.17) is 4.74 Å². The maximum absolute atomic E-state index is 12.4. The molecule has 0 fully saturated rings. The lowest BCUT2D eigenvalue weighted by Gasteiger charge is -2.17. The molecule has 0 saturated carbocycles. The molecule has 24 heavy (non-hydrogen) atoms. The van der Waals surface area contributed by atoms with E-state index >= 15 is 0 Å². The highest BCUT2D eigenvalue weighted by Crippen LogP contribution is 2.32. The van der Waals surface area contributed by atoms with Gasteiger partial charge in [0.1, 0.15) is 15.6 Å². The van der Waals surface area contributed by atoms with E-state index in [1.807, 2.05) is 12.1 Å². The van der Waals surface area contributed by atoms with Gasteiger partial charge in [0.25, 0.3) is 5.91 Å². The van der Waals surface area contributed by atoms with Crippen molar-refractivity contribution in [1.29, 1.82) is 0 Å². The number of aromatic nitrogens is 1. The Morgan fingerprint density at radius 1 is 1.46 bits per heavy atom. The molecular weight excluding hydrogens is 324 g/mol. The fourth-order valence-electron chi connectivity index (χ4n) is 2.84. The molecule has 1 aliphatic rings. The summed E-state index contributed by atoms with van der Waals surface area (Å²) in [5.74, 6) is 1.17. The van der Waals surface area contributed by atoms with Crippen LogP contribution in [0.1, 0.15) is 35.5 Å². The van der Waals surface area contributed by atoms with Crippen LogP contribution in [0.4, 0.5) is 0 Å². The molecule has 128 valence electrons. The van der Waals surface area contributed by atoms with Crippen LogP contribution in [-0.2, 0) is 6.42 Å². The molecule has 0 spiro atoms. The summed E-state index contributed by atoms with van der Waals surface area (Å²) in [5, 5.41) is 13.1. The second-order valence-electron chi connectivity index (χ2n) is 6.43. The Balaban J connectivity index is 1.72. The van der Waals surface area contributed by atoms with E-state index in [-0.39, 0.29) is 18.6 Å². The molecule has 1 aromatic carbocycles. The van der Waals surface area contributed by atoms with Crippen LogP contribution < -0.4 is 10.1 Å². The van der Waals surface area contributed by atoms with Crippen LogP contribution in [0.2, 0.25) is 0 Å². The molecule has 3 rings (SSSR count). The second kappa shape index (κ2) is 7.32. The summed E-state index contributed by atoms with van der Waals surface area (Å²) in [6.07, 6.45) is 3.26. The van der Waals surface area contributed by atoms with Crippen LogP contribution in [0.15, 0.2) is 24.4 Å². The van der Waals surface area contributed by atoms with Crippen molar-refractivity contribution >= 4 is 17.2 Å². The van der Waals surface area contributed by atoms with Gasteiger partial charge in [-0.05, 0) is 36.1 Å². The minimum Gasteiger partial charge on any atom is -0.493 e. The highest BCUT2D eigenvalue weighted by molar-refractivity contribution is 7.16. The number of fused-ring (bicyclic) bond motifs is 1. The summed E-state index contributed by atoms with van der Waals surface area (Å²) in [7, 11) is 0. The van der Waals surface area contributed by atoms with E-state index in [1.54, 1.807) is 6.20 Å². The lowest BCUT2D eigenvalue weighted by Crippen LogP contribution is -2.38. The van der Waals surface area contributed by atoms with Gasteiger partial charge in [-0.15, -0.1) is 11.3 Å². The first-order chi connectivity index (χ1) is 11.6. The van der Waals surface area contributed by atoms with E-state index in [2.05, 4.69) is 30.2 Å². The predicted molar refractivity (Wildman–Crippen MR) is 94.5 cm³/mol. The van der Waals surface area contributed by atoms with Gasteiger partial charge in [-0.1, -0.05) is 13.8 Å². The number of carbonyl (C=O) groups excluding carboxylic acids is 1. The molecule has 1 unspecified atom stereocenters. The summed E-state index contributed by atoms with van der Waals surface area (Å²) in [4.78, 5) is 17.3. The largest absolute Gasteiger partial charge is 0.493 e. The zero-order chi connectivity index (χ0) is 17.1. The standard InChI is InChI=1S/C18H22N2O3S/c1-11(2)7-14(10-21)20-17(22)16-9-19-18(24-16)13-3-4-15-12(8-13)5-6-23-15/h3-4,8-9,11,14,21H,5-7,10H2,1-2H3,(H,20,22). The Morgan fingerprint density at radius 3 is 3.04 bits per heavy atom. The summed E-state index contributed by atoms with van der Waals surface area (Å²) in [5.41, 5.74) is 2.19. The van der Waals surface area contributed by atoms with Crippen LogP contribution in [0, 0.1) is 5.92 Å². The normalized spacial score (nSPS) is 14.3. The Bertz CT molecular complexity index is 727. The number of aliphatic hydroxyl groups is 1. The van der Waals surface area contributed by atoms with Crippen molar-refractivity contribution in [2.45, 2.75) is 32.7 Å². The Hall–Kier alpha value is -1.92. The van der Waals surface area contributed by atoms with Crippen molar-refractivity contribution in [3.05, 3.63) is 34.8 Å². The van der Waals surface area contributed by atoms with Crippen molar-refractivity contribution in [1.82, 2.24) is 10.3 Å². The SMILES string of the molecule is CC(C)CC(CO)NC(=O)c1cnc(-c2ccc3c(c2)CCO3)s1. The lowest BCUT2D eigenvalue weighted by molar-refractivity contribution is 0.0912. The number of thiazole rings is 1. The van der Waals surface area contributed by atoms with Gasteiger partial charge >= 0.3 is 0 Å². The fraction of sp³-hybridized carbons (Fsp3) is 0.444. The van der Waals surface area contributed by atoms with Gasteiger partial charge in [-0.25, -0.2) is 4.98 Å². The summed E-state index contributed by atoms with van der Waals surface area (Å²) < 4.78 is 5.52. The van der Waals surface area contributed by atoms with Gasteiger partial charge < -0.3 is 15.2 Å². The number of aliphatic hydroxyl groups excluding tert-OH is 1. The molecule has 1 aromatic heterocycles. The number of hydrogen-bond donors (Lipinski definition) is 2. The molecule has 0 radical (unpaired) electrons. The molecule has 0 bridgehead atoms. The predicted octanol–water partition coefficient (Wildman–Crippen LogP) is 2.88. The third-order valence-electron chi connectivity index (χ3n) is 3.98. The molecule has 6 heteroatoms. The van der Waals surface area contributed by atoms with Crippen LogP contribution in [0.3, 0.4) is 0 Å². The van der Waals surface area contributed by atoms with Crippen molar-refractivity contribution in [3.63, 3.8) is 0 Å². The fourth-order valence-corrected chi connectivity index (χ4v) is 3.65. The van der Waals surface area contributed by atoms with E-state index in [1.165, 1.54) is 16.9 Å². The van der Waals surface area contributed by atoms with E-state index in [0.717, 1.165) is 35.8 Å². The molecule has 1 amide bonds. The topological polar surface area (TPSA) is 71.5 Å². The number of nitrogens with zero attached hydrogens (tertiary/aromatic N) is 1. The van der Waals surface area contributed by atoms with E-state index in [0.29, 0.717) is 10.8 Å². The van der Waals surface area contributed by atoms with Gasteiger partial charge in [-0.2, -0.15) is 0 Å². The molecule has 5 nitrogen and oxygen atoms in total. The minimum atomic E-state index is -0.222. The molecule has 2 aromatic rings. The third kappa shape index (κ3) is 3.76. The summed E-state index contributed by atoms with van der Waals surface area (Å²) in [6.45, 7) is 4.80. The number of benzene rings is 1. The smallest absolute Gasteiger partial charge is 0.263 e. The average Bonchev–Trinajstić information content (AvgIpc) is 3.21. The van der Waals surface area contributed by atoms with Crippen LogP contribution in [0.25, 0.3) is 10.6 Å². The number of ether oxygens (including phenoxy) is 1. The minimum absolute atomic E-state index is 0.0552. The first-order valence-corrected chi connectivity index (χ1v) is 9.02.